The lowest BCUT2D eigenvalue weighted by atomic mass is 10.3. The number of halogens is 1. The van der Waals surface area contributed by atoms with Crippen LogP contribution in [0.25, 0.3) is 0 Å². The van der Waals surface area contributed by atoms with Gasteiger partial charge in [0.25, 0.3) is 0 Å². The van der Waals surface area contributed by atoms with E-state index in [0.717, 1.165) is 0 Å². The monoisotopic (exact) mass is 185 g/mol. The molecule has 1 aromatic rings. The van der Waals surface area contributed by atoms with Gasteiger partial charge >= 0.3 is 0 Å². The zero-order valence-corrected chi connectivity index (χ0v) is 7.75. The third-order valence-electron chi connectivity index (χ3n) is 1.32. The topological polar surface area (TPSA) is 29.1 Å². The van der Waals surface area contributed by atoms with Crippen molar-refractivity contribution in [1.29, 1.82) is 0 Å². The Morgan fingerprint density at radius 3 is 2.75 bits per heavy atom. The van der Waals surface area contributed by atoms with Crippen LogP contribution in [0.5, 0.6) is 0 Å². The van der Waals surface area contributed by atoms with Crippen molar-refractivity contribution >= 4 is 26.1 Å². The van der Waals surface area contributed by atoms with Gasteiger partial charge in [-0.15, -0.1) is 9.24 Å². The van der Waals surface area contributed by atoms with E-state index < -0.39 is 0 Å². The smallest absolute Gasteiger partial charge is 0.221 e. The maximum absolute atomic E-state index is 12.9. The van der Waals surface area contributed by atoms with Gasteiger partial charge in [0.15, 0.2) is 0 Å². The second-order valence-electron chi connectivity index (χ2n) is 2.42. The third-order valence-corrected chi connectivity index (χ3v) is 1.79. The average Bonchev–Trinajstić information content (AvgIpc) is 1.96. The van der Waals surface area contributed by atoms with Crippen molar-refractivity contribution in [2.45, 2.75) is 6.92 Å². The normalized spacial score (nSPS) is 9.58. The molecule has 12 heavy (non-hydrogen) atoms. The van der Waals surface area contributed by atoms with Gasteiger partial charge in [-0.05, 0) is 12.1 Å². The van der Waals surface area contributed by atoms with E-state index in [2.05, 4.69) is 14.6 Å². The van der Waals surface area contributed by atoms with Crippen molar-refractivity contribution in [3.8, 4) is 0 Å². The van der Waals surface area contributed by atoms with Gasteiger partial charge in [-0.3, -0.25) is 4.79 Å². The lowest BCUT2D eigenvalue weighted by Crippen LogP contribution is -2.07. The van der Waals surface area contributed by atoms with E-state index in [9.17, 15) is 9.18 Å². The fraction of sp³-hybridized carbons (Fsp3) is 0.125. The van der Waals surface area contributed by atoms with Crippen molar-refractivity contribution in [3.63, 3.8) is 0 Å². The molecule has 0 heterocycles. The van der Waals surface area contributed by atoms with Gasteiger partial charge in [0, 0.05) is 17.9 Å². The summed E-state index contributed by atoms with van der Waals surface area (Å²) in [4.78, 5) is 10.6. The molecule has 0 saturated heterocycles. The van der Waals surface area contributed by atoms with Crippen molar-refractivity contribution in [2.75, 3.05) is 5.32 Å². The molecule has 1 atom stereocenters. The molecule has 1 aromatic carbocycles. The molecule has 0 aromatic heterocycles. The molecule has 0 aliphatic heterocycles. The third kappa shape index (κ3) is 2.28. The molecule has 64 valence electrons. The van der Waals surface area contributed by atoms with E-state index in [4.69, 9.17) is 0 Å². The number of benzene rings is 1. The molecule has 0 aliphatic rings. The number of carbonyl (C=O) groups is 1. The quantitative estimate of drug-likeness (QED) is 0.656. The summed E-state index contributed by atoms with van der Waals surface area (Å²) in [7, 11) is 2.27. The van der Waals surface area contributed by atoms with Crippen molar-refractivity contribution in [3.05, 3.63) is 24.0 Å². The van der Waals surface area contributed by atoms with E-state index in [1.165, 1.54) is 13.0 Å². The number of carbonyl (C=O) groups excluding carboxylic acids is 1. The average molecular weight is 185 g/mol. The molecule has 1 amide bonds. The van der Waals surface area contributed by atoms with Crippen LogP contribution in [0.2, 0.25) is 0 Å². The minimum absolute atomic E-state index is 0.203. The van der Waals surface area contributed by atoms with E-state index in [1.54, 1.807) is 12.1 Å². The maximum atomic E-state index is 12.9. The summed E-state index contributed by atoms with van der Waals surface area (Å²) in [5.41, 5.74) is 0.478. The molecule has 0 spiro atoms. The first kappa shape index (κ1) is 9.14. The Morgan fingerprint density at radius 1 is 1.58 bits per heavy atom. The zero-order valence-electron chi connectivity index (χ0n) is 6.60. The molecule has 0 bridgehead atoms. The van der Waals surface area contributed by atoms with Gasteiger partial charge in [-0.1, -0.05) is 6.07 Å². The highest BCUT2D eigenvalue weighted by molar-refractivity contribution is 7.27. The minimum atomic E-state index is -0.341. The Bertz CT molecular complexity index is 314. The standard InChI is InChI=1S/C8H9FNOP/c1-5(11)10-6-2-3-8(12)7(9)4-6/h2-4H,12H2,1H3,(H,10,11). The van der Waals surface area contributed by atoms with E-state index in [-0.39, 0.29) is 11.7 Å². The van der Waals surface area contributed by atoms with Crippen LogP contribution in [0.1, 0.15) is 6.92 Å². The molecule has 0 saturated carbocycles. The highest BCUT2D eigenvalue weighted by atomic mass is 31.0. The highest BCUT2D eigenvalue weighted by Gasteiger charge is 1.99. The fourth-order valence-corrected chi connectivity index (χ4v) is 0.988. The van der Waals surface area contributed by atoms with E-state index in [1.807, 2.05) is 0 Å². The predicted octanol–water partition coefficient (Wildman–Crippen LogP) is 1.28. The van der Waals surface area contributed by atoms with Crippen molar-refractivity contribution < 1.29 is 9.18 Å². The number of hydrogen-bond donors (Lipinski definition) is 1. The van der Waals surface area contributed by atoms with Gasteiger partial charge in [0.2, 0.25) is 5.91 Å². The van der Waals surface area contributed by atoms with Crippen molar-refractivity contribution in [2.24, 2.45) is 0 Å². The van der Waals surface area contributed by atoms with Crippen LogP contribution in [0.4, 0.5) is 10.1 Å². The van der Waals surface area contributed by atoms with Gasteiger partial charge in [-0.25, -0.2) is 4.39 Å². The molecule has 0 aliphatic carbocycles. The molecule has 0 fully saturated rings. The first-order valence-corrected chi connectivity index (χ1v) is 4.00. The first-order valence-electron chi connectivity index (χ1n) is 3.42. The summed E-state index contributed by atoms with van der Waals surface area (Å²) in [6.07, 6.45) is 0. The lowest BCUT2D eigenvalue weighted by molar-refractivity contribution is -0.114. The number of amides is 1. The maximum Gasteiger partial charge on any atom is 0.221 e. The van der Waals surface area contributed by atoms with Crippen LogP contribution in [0.15, 0.2) is 18.2 Å². The van der Waals surface area contributed by atoms with E-state index >= 15 is 0 Å². The predicted molar refractivity (Wildman–Crippen MR) is 50.0 cm³/mol. The highest BCUT2D eigenvalue weighted by Crippen LogP contribution is 2.09. The van der Waals surface area contributed by atoms with E-state index in [0.29, 0.717) is 11.0 Å². The molecule has 1 rings (SSSR count). The number of anilines is 1. The molecule has 2 nitrogen and oxygen atoms in total. The summed E-state index contributed by atoms with van der Waals surface area (Å²) in [6.45, 7) is 1.38. The minimum Gasteiger partial charge on any atom is -0.326 e. The SMILES string of the molecule is CC(=O)Nc1ccc(P)c(F)c1. The number of nitrogens with one attached hydrogen (secondary N) is 1. The molecule has 1 N–H and O–H groups in total. The molecular weight excluding hydrogens is 176 g/mol. The van der Waals surface area contributed by atoms with Crippen molar-refractivity contribution in [1.82, 2.24) is 0 Å². The molecule has 0 radical (unpaired) electrons. The Balaban J connectivity index is 2.89. The number of hydrogen-bond acceptors (Lipinski definition) is 1. The van der Waals surface area contributed by atoms with Crippen LogP contribution < -0.4 is 10.6 Å². The Hall–Kier alpha value is -0.950. The summed E-state index contributed by atoms with van der Waals surface area (Å²) >= 11 is 0. The second-order valence-corrected chi connectivity index (χ2v) is 3.04. The van der Waals surface area contributed by atoms with Gasteiger partial charge < -0.3 is 5.32 Å². The number of rotatable bonds is 1. The molecular formula is C8H9FNOP. The first-order chi connectivity index (χ1) is 5.59. The summed E-state index contributed by atoms with van der Waals surface area (Å²) in [5.74, 6) is -0.544. The lowest BCUT2D eigenvalue weighted by Gasteiger charge is -2.02. The van der Waals surface area contributed by atoms with Gasteiger partial charge in [-0.2, -0.15) is 0 Å². The summed E-state index contributed by atoms with van der Waals surface area (Å²) < 4.78 is 12.9. The van der Waals surface area contributed by atoms with Gasteiger partial charge in [0.1, 0.15) is 5.82 Å². The van der Waals surface area contributed by atoms with Crippen LogP contribution in [0, 0.1) is 5.82 Å². The van der Waals surface area contributed by atoms with Gasteiger partial charge in [0.05, 0.1) is 0 Å². The van der Waals surface area contributed by atoms with Crippen LogP contribution in [-0.2, 0) is 4.79 Å². The van der Waals surface area contributed by atoms with Crippen LogP contribution >= 0.6 is 9.24 Å². The Morgan fingerprint density at radius 2 is 2.25 bits per heavy atom. The second kappa shape index (κ2) is 3.63. The molecule has 1 unspecified atom stereocenters. The fourth-order valence-electron chi connectivity index (χ4n) is 0.808. The van der Waals surface area contributed by atoms with Crippen LogP contribution in [-0.4, -0.2) is 5.91 Å². The Kier molecular flexibility index (Phi) is 2.77. The zero-order chi connectivity index (χ0) is 9.14. The molecule has 4 heteroatoms. The summed E-state index contributed by atoms with van der Waals surface area (Å²) in [6, 6.07) is 4.52. The Labute approximate surface area is 72.4 Å². The van der Waals surface area contributed by atoms with Crippen LogP contribution in [0.3, 0.4) is 0 Å². The summed E-state index contributed by atoms with van der Waals surface area (Å²) in [5, 5.41) is 2.97. The largest absolute Gasteiger partial charge is 0.326 e.